The number of aliphatic hydroxyl groups excluding tert-OH is 1. The van der Waals surface area contributed by atoms with E-state index in [4.69, 9.17) is 0 Å². The summed E-state index contributed by atoms with van der Waals surface area (Å²) in [6.07, 6.45) is 3.11. The third-order valence-electron chi connectivity index (χ3n) is 6.29. The van der Waals surface area contributed by atoms with Gasteiger partial charge in [0.05, 0.1) is 29.2 Å². The Morgan fingerprint density at radius 2 is 1.74 bits per heavy atom. The lowest BCUT2D eigenvalue weighted by atomic mass is 9.87. The zero-order chi connectivity index (χ0) is 27.4. The molecule has 3 aromatic carbocycles. The minimum atomic E-state index is -2.55. The van der Waals surface area contributed by atoms with Crippen LogP contribution in [-0.4, -0.2) is 37.4 Å². The highest BCUT2D eigenvalue weighted by Crippen LogP contribution is 2.37. The number of carbonyl (C=O) groups excluding carboxylic acids is 1. The predicted molar refractivity (Wildman–Crippen MR) is 154 cm³/mol. The SMILES string of the molecule is CC(CO)NC(=O)/C=C/c1[nH]c2ccc(N(c3ccc(C(C)(C)C)cc3)S(=O)[O-])cc2c1-c1ccccc1. The summed E-state index contributed by atoms with van der Waals surface area (Å²) in [5, 5.41) is 12.7. The Bertz CT molecular complexity index is 1470. The van der Waals surface area contributed by atoms with Gasteiger partial charge in [0, 0.05) is 34.3 Å². The van der Waals surface area contributed by atoms with Crippen molar-refractivity contribution in [2.45, 2.75) is 39.2 Å². The molecule has 198 valence electrons. The van der Waals surface area contributed by atoms with Crippen molar-refractivity contribution in [2.24, 2.45) is 0 Å². The third kappa shape index (κ3) is 6.05. The van der Waals surface area contributed by atoms with E-state index in [1.54, 1.807) is 19.1 Å². The normalized spacial score (nSPS) is 13.5. The van der Waals surface area contributed by atoms with Gasteiger partial charge in [-0.05, 0) is 59.9 Å². The number of carbonyl (C=O) groups is 1. The van der Waals surface area contributed by atoms with Gasteiger partial charge in [-0.25, -0.2) is 0 Å². The van der Waals surface area contributed by atoms with Crippen LogP contribution in [0.4, 0.5) is 11.4 Å². The molecular formula is C30H32N3O4S-. The maximum atomic E-state index is 12.4. The van der Waals surface area contributed by atoms with E-state index < -0.39 is 11.3 Å². The number of benzene rings is 3. The Morgan fingerprint density at radius 3 is 2.34 bits per heavy atom. The monoisotopic (exact) mass is 530 g/mol. The predicted octanol–water partition coefficient (Wildman–Crippen LogP) is 5.57. The molecule has 2 atom stereocenters. The number of hydrogen-bond donors (Lipinski definition) is 3. The molecule has 4 rings (SSSR count). The number of H-pyrrole nitrogens is 1. The van der Waals surface area contributed by atoms with Crippen LogP contribution < -0.4 is 9.62 Å². The molecule has 4 aromatic rings. The molecule has 0 fully saturated rings. The molecule has 1 aromatic heterocycles. The number of amides is 1. The van der Waals surface area contributed by atoms with Crippen molar-refractivity contribution in [1.29, 1.82) is 0 Å². The minimum absolute atomic E-state index is 0.0500. The molecule has 0 saturated carbocycles. The molecule has 1 amide bonds. The van der Waals surface area contributed by atoms with Crippen LogP contribution >= 0.6 is 0 Å². The van der Waals surface area contributed by atoms with E-state index in [1.165, 1.54) is 10.4 Å². The van der Waals surface area contributed by atoms with Gasteiger partial charge < -0.3 is 20.0 Å². The third-order valence-corrected chi connectivity index (χ3v) is 7.01. The fraction of sp³-hybridized carbons (Fsp3) is 0.233. The van der Waals surface area contributed by atoms with Crippen LogP contribution in [0.15, 0.2) is 78.9 Å². The van der Waals surface area contributed by atoms with Crippen LogP contribution in [-0.2, 0) is 21.5 Å². The summed E-state index contributed by atoms with van der Waals surface area (Å²) in [5.74, 6) is -0.323. The van der Waals surface area contributed by atoms with Gasteiger partial charge in [0.1, 0.15) is 0 Å². The summed E-state index contributed by atoms with van der Waals surface area (Å²) in [7, 11) is 0. The van der Waals surface area contributed by atoms with Crippen molar-refractivity contribution in [1.82, 2.24) is 10.3 Å². The minimum Gasteiger partial charge on any atom is -0.755 e. The first-order valence-electron chi connectivity index (χ1n) is 12.4. The molecule has 38 heavy (non-hydrogen) atoms. The average Bonchev–Trinajstić information content (AvgIpc) is 3.25. The topological polar surface area (TPSA) is 108 Å². The molecule has 0 spiro atoms. The number of aromatic amines is 1. The van der Waals surface area contributed by atoms with Crippen molar-refractivity contribution in [3.63, 3.8) is 0 Å². The van der Waals surface area contributed by atoms with Gasteiger partial charge in [0.2, 0.25) is 5.91 Å². The largest absolute Gasteiger partial charge is 0.755 e. The lowest BCUT2D eigenvalue weighted by molar-refractivity contribution is -0.117. The highest BCUT2D eigenvalue weighted by Gasteiger charge is 2.18. The molecule has 7 nitrogen and oxygen atoms in total. The quantitative estimate of drug-likeness (QED) is 0.204. The summed E-state index contributed by atoms with van der Waals surface area (Å²) < 4.78 is 26.1. The van der Waals surface area contributed by atoms with Crippen molar-refractivity contribution in [3.8, 4) is 11.1 Å². The Labute approximate surface area is 225 Å². The lowest BCUT2D eigenvalue weighted by Crippen LogP contribution is -2.33. The highest BCUT2D eigenvalue weighted by atomic mass is 32.2. The molecule has 2 unspecified atom stereocenters. The molecule has 0 bridgehead atoms. The molecule has 1 heterocycles. The van der Waals surface area contributed by atoms with Gasteiger partial charge >= 0.3 is 0 Å². The van der Waals surface area contributed by atoms with E-state index in [2.05, 4.69) is 31.1 Å². The first-order chi connectivity index (χ1) is 18.1. The van der Waals surface area contributed by atoms with E-state index in [0.717, 1.165) is 27.6 Å². The number of fused-ring (bicyclic) bond motifs is 1. The standard InChI is InChI=1S/C30H33N3O4S/c1-20(19-34)31-28(35)17-16-27-29(21-8-6-5-7-9-21)25-18-24(14-15-26(25)32-27)33(38(36)37)23-12-10-22(11-13-23)30(2,3)4/h5-18,20,32,34H,19H2,1-4H3,(H,31,35)(H,36,37)/p-1/b17-16+. The van der Waals surface area contributed by atoms with Crippen molar-refractivity contribution < 1.29 is 18.7 Å². The Balaban J connectivity index is 1.81. The zero-order valence-electron chi connectivity index (χ0n) is 21.9. The smallest absolute Gasteiger partial charge is 0.244 e. The summed E-state index contributed by atoms with van der Waals surface area (Å²) in [4.78, 5) is 15.7. The van der Waals surface area contributed by atoms with Gasteiger partial charge in [0.15, 0.2) is 0 Å². The first-order valence-corrected chi connectivity index (χ1v) is 13.4. The molecule has 0 saturated heterocycles. The number of rotatable bonds is 8. The number of hydrogen-bond acceptors (Lipinski definition) is 4. The van der Waals surface area contributed by atoms with Crippen molar-refractivity contribution >= 4 is 45.5 Å². The van der Waals surface area contributed by atoms with Crippen LogP contribution in [0.5, 0.6) is 0 Å². The summed E-state index contributed by atoms with van der Waals surface area (Å²) in [6, 6.07) is 22.3. The summed E-state index contributed by atoms with van der Waals surface area (Å²) in [6.45, 7) is 7.90. The molecule has 0 radical (unpaired) electrons. The number of nitrogens with zero attached hydrogens (tertiary/aromatic N) is 1. The van der Waals surface area contributed by atoms with Crippen LogP contribution in [0.25, 0.3) is 28.1 Å². The van der Waals surface area contributed by atoms with E-state index in [9.17, 15) is 18.7 Å². The molecule has 0 aliphatic heterocycles. The fourth-order valence-corrected chi connectivity index (χ4v) is 4.86. The maximum absolute atomic E-state index is 12.4. The summed E-state index contributed by atoms with van der Waals surface area (Å²) in [5.41, 5.74) is 5.37. The van der Waals surface area contributed by atoms with Gasteiger partial charge in [-0.1, -0.05) is 63.2 Å². The molecule has 3 N–H and O–H groups in total. The number of aromatic nitrogens is 1. The van der Waals surface area contributed by atoms with Crippen LogP contribution in [0.3, 0.4) is 0 Å². The fourth-order valence-electron chi connectivity index (χ4n) is 4.28. The van der Waals surface area contributed by atoms with Crippen LogP contribution in [0, 0.1) is 0 Å². The van der Waals surface area contributed by atoms with Gasteiger partial charge in [-0.2, -0.15) is 0 Å². The maximum Gasteiger partial charge on any atom is 0.244 e. The average molecular weight is 531 g/mol. The van der Waals surface area contributed by atoms with Crippen molar-refractivity contribution in [3.05, 3.63) is 90.1 Å². The second-order valence-corrected chi connectivity index (χ2v) is 11.0. The van der Waals surface area contributed by atoms with E-state index in [1.807, 2.05) is 66.7 Å². The Morgan fingerprint density at radius 1 is 1.08 bits per heavy atom. The number of anilines is 2. The second kappa shape index (κ2) is 11.3. The van der Waals surface area contributed by atoms with E-state index >= 15 is 0 Å². The van der Waals surface area contributed by atoms with E-state index in [-0.39, 0.29) is 24.0 Å². The molecule has 0 aliphatic carbocycles. The van der Waals surface area contributed by atoms with Gasteiger partial charge in [-0.3, -0.25) is 13.3 Å². The van der Waals surface area contributed by atoms with Gasteiger partial charge in [-0.15, -0.1) is 0 Å². The van der Waals surface area contributed by atoms with E-state index in [0.29, 0.717) is 17.1 Å². The molecule has 8 heteroatoms. The zero-order valence-corrected chi connectivity index (χ0v) is 22.7. The van der Waals surface area contributed by atoms with Crippen molar-refractivity contribution in [2.75, 3.05) is 10.9 Å². The highest BCUT2D eigenvalue weighted by molar-refractivity contribution is 7.81. The molecular weight excluding hydrogens is 498 g/mol. The van der Waals surface area contributed by atoms with Gasteiger partial charge in [0.25, 0.3) is 0 Å². The second-order valence-electron chi connectivity index (χ2n) is 10.2. The lowest BCUT2D eigenvalue weighted by Gasteiger charge is -2.28. The van der Waals surface area contributed by atoms with Crippen LogP contribution in [0.2, 0.25) is 0 Å². The molecule has 0 aliphatic rings. The number of aliphatic hydroxyl groups is 1. The van der Waals surface area contributed by atoms with Crippen LogP contribution in [0.1, 0.15) is 39.0 Å². The summed E-state index contributed by atoms with van der Waals surface area (Å²) >= 11 is -2.55. The Hall–Kier alpha value is -3.72. The first kappa shape index (κ1) is 27.3. The Kier molecular flexibility index (Phi) is 8.16. The number of nitrogens with one attached hydrogen (secondary N) is 2.